The SMILES string of the molecule is O=C(Cc1csc(SCc2ccc(Cl)cc2Cl)n1)Nc1ccc(F)cc1. The van der Waals surface area contributed by atoms with Gasteiger partial charge in [-0.3, -0.25) is 4.79 Å². The number of aromatic nitrogens is 1. The largest absolute Gasteiger partial charge is 0.326 e. The summed E-state index contributed by atoms with van der Waals surface area (Å²) in [6, 6.07) is 11.0. The number of carbonyl (C=O) groups is 1. The molecule has 0 atom stereocenters. The number of anilines is 1. The second kappa shape index (κ2) is 8.86. The van der Waals surface area contributed by atoms with E-state index in [9.17, 15) is 9.18 Å². The molecular formula is C18H13Cl2FN2OS2. The maximum atomic E-state index is 12.9. The zero-order valence-electron chi connectivity index (χ0n) is 13.3. The molecule has 1 N–H and O–H groups in total. The van der Waals surface area contributed by atoms with Crippen LogP contribution in [-0.2, 0) is 17.0 Å². The lowest BCUT2D eigenvalue weighted by Gasteiger charge is -2.04. The Morgan fingerprint density at radius 3 is 2.69 bits per heavy atom. The summed E-state index contributed by atoms with van der Waals surface area (Å²) in [4.78, 5) is 16.5. The van der Waals surface area contributed by atoms with E-state index in [2.05, 4.69) is 10.3 Å². The molecule has 3 nitrogen and oxygen atoms in total. The van der Waals surface area contributed by atoms with Gasteiger partial charge in [0, 0.05) is 26.9 Å². The maximum absolute atomic E-state index is 12.9. The normalized spacial score (nSPS) is 10.7. The van der Waals surface area contributed by atoms with Crippen LogP contribution in [0.2, 0.25) is 10.0 Å². The highest BCUT2D eigenvalue weighted by atomic mass is 35.5. The monoisotopic (exact) mass is 426 g/mol. The summed E-state index contributed by atoms with van der Waals surface area (Å²) in [7, 11) is 0. The lowest BCUT2D eigenvalue weighted by molar-refractivity contribution is -0.115. The van der Waals surface area contributed by atoms with Gasteiger partial charge in [-0.25, -0.2) is 9.37 Å². The lowest BCUT2D eigenvalue weighted by atomic mass is 10.2. The summed E-state index contributed by atoms with van der Waals surface area (Å²) in [6.07, 6.45) is 0.163. The highest BCUT2D eigenvalue weighted by molar-refractivity contribution is 8.00. The molecule has 0 aliphatic heterocycles. The molecule has 3 aromatic rings. The number of halogens is 3. The number of benzene rings is 2. The number of rotatable bonds is 6. The van der Waals surface area contributed by atoms with E-state index in [1.807, 2.05) is 11.4 Å². The third-order valence-electron chi connectivity index (χ3n) is 3.37. The number of hydrogen-bond acceptors (Lipinski definition) is 4. The smallest absolute Gasteiger partial charge is 0.230 e. The predicted octanol–water partition coefficient (Wildman–Crippen LogP) is 6.06. The van der Waals surface area contributed by atoms with E-state index in [4.69, 9.17) is 23.2 Å². The van der Waals surface area contributed by atoms with Gasteiger partial charge < -0.3 is 5.32 Å². The van der Waals surface area contributed by atoms with Gasteiger partial charge in [-0.05, 0) is 42.0 Å². The molecule has 0 aliphatic carbocycles. The van der Waals surface area contributed by atoms with Gasteiger partial charge in [-0.2, -0.15) is 0 Å². The maximum Gasteiger partial charge on any atom is 0.230 e. The minimum atomic E-state index is -0.343. The van der Waals surface area contributed by atoms with Crippen molar-refractivity contribution in [1.29, 1.82) is 0 Å². The van der Waals surface area contributed by atoms with Crippen molar-refractivity contribution < 1.29 is 9.18 Å². The molecule has 1 heterocycles. The molecule has 0 fully saturated rings. The van der Waals surface area contributed by atoms with Gasteiger partial charge in [0.15, 0.2) is 0 Å². The van der Waals surface area contributed by atoms with Gasteiger partial charge in [-0.15, -0.1) is 11.3 Å². The van der Waals surface area contributed by atoms with E-state index < -0.39 is 0 Å². The summed E-state index contributed by atoms with van der Waals surface area (Å²) in [5.74, 6) is 0.134. The lowest BCUT2D eigenvalue weighted by Crippen LogP contribution is -2.14. The Bertz CT molecular complexity index is 916. The molecule has 3 rings (SSSR count). The predicted molar refractivity (Wildman–Crippen MR) is 107 cm³/mol. The number of nitrogens with one attached hydrogen (secondary N) is 1. The van der Waals surface area contributed by atoms with Crippen molar-refractivity contribution in [3.8, 4) is 0 Å². The van der Waals surface area contributed by atoms with E-state index in [0.717, 1.165) is 9.90 Å². The number of thiazole rings is 1. The van der Waals surface area contributed by atoms with Crippen molar-refractivity contribution in [3.05, 3.63) is 75.0 Å². The van der Waals surface area contributed by atoms with E-state index in [1.54, 1.807) is 23.9 Å². The molecule has 134 valence electrons. The van der Waals surface area contributed by atoms with Gasteiger partial charge in [-0.1, -0.05) is 41.0 Å². The summed E-state index contributed by atoms with van der Waals surface area (Å²) in [5, 5.41) is 5.81. The Morgan fingerprint density at radius 2 is 1.96 bits per heavy atom. The second-order valence-electron chi connectivity index (χ2n) is 5.36. The highest BCUT2D eigenvalue weighted by Gasteiger charge is 2.10. The Kier molecular flexibility index (Phi) is 6.53. The van der Waals surface area contributed by atoms with Crippen LogP contribution in [0.1, 0.15) is 11.3 Å². The first-order valence-electron chi connectivity index (χ1n) is 7.56. The fourth-order valence-corrected chi connectivity index (χ4v) is 4.52. The molecule has 2 aromatic carbocycles. The van der Waals surface area contributed by atoms with Crippen molar-refractivity contribution in [2.24, 2.45) is 0 Å². The molecule has 1 aromatic heterocycles. The molecular weight excluding hydrogens is 414 g/mol. The van der Waals surface area contributed by atoms with Gasteiger partial charge in [0.2, 0.25) is 5.91 Å². The molecule has 0 radical (unpaired) electrons. The molecule has 0 saturated carbocycles. The van der Waals surface area contributed by atoms with Crippen LogP contribution in [-0.4, -0.2) is 10.9 Å². The molecule has 0 unspecified atom stereocenters. The number of nitrogens with zero attached hydrogens (tertiary/aromatic N) is 1. The fourth-order valence-electron chi connectivity index (χ4n) is 2.12. The first kappa shape index (κ1) is 19.2. The molecule has 1 amide bonds. The standard InChI is InChI=1S/C18H13Cl2FN2OS2/c19-12-2-1-11(16(20)7-12)9-25-18-23-15(10-26-18)8-17(24)22-14-5-3-13(21)4-6-14/h1-7,10H,8-9H2,(H,22,24). The summed E-state index contributed by atoms with van der Waals surface area (Å²) >= 11 is 15.1. The Hall–Kier alpha value is -1.60. The topological polar surface area (TPSA) is 42.0 Å². The first-order chi connectivity index (χ1) is 12.5. The number of amides is 1. The van der Waals surface area contributed by atoms with Crippen molar-refractivity contribution in [1.82, 2.24) is 4.98 Å². The average molecular weight is 427 g/mol. The van der Waals surface area contributed by atoms with E-state index in [0.29, 0.717) is 27.2 Å². The molecule has 26 heavy (non-hydrogen) atoms. The first-order valence-corrected chi connectivity index (χ1v) is 10.2. The van der Waals surface area contributed by atoms with Crippen LogP contribution < -0.4 is 5.32 Å². The minimum Gasteiger partial charge on any atom is -0.326 e. The zero-order valence-corrected chi connectivity index (χ0v) is 16.5. The average Bonchev–Trinajstić information content (AvgIpc) is 3.03. The van der Waals surface area contributed by atoms with Gasteiger partial charge in [0.05, 0.1) is 12.1 Å². The number of carbonyl (C=O) groups excluding carboxylic acids is 1. The number of thioether (sulfide) groups is 1. The molecule has 8 heteroatoms. The summed E-state index contributed by atoms with van der Waals surface area (Å²) in [5.41, 5.74) is 2.23. The van der Waals surface area contributed by atoms with Crippen LogP contribution in [0.5, 0.6) is 0 Å². The second-order valence-corrected chi connectivity index (χ2v) is 8.29. The summed E-state index contributed by atoms with van der Waals surface area (Å²) < 4.78 is 13.7. The Balaban J connectivity index is 1.54. The summed E-state index contributed by atoms with van der Waals surface area (Å²) in [6.45, 7) is 0. The van der Waals surface area contributed by atoms with Crippen molar-refractivity contribution in [3.63, 3.8) is 0 Å². The van der Waals surface area contributed by atoms with Gasteiger partial charge >= 0.3 is 0 Å². The molecule has 0 bridgehead atoms. The third-order valence-corrected chi connectivity index (χ3v) is 6.07. The van der Waals surface area contributed by atoms with Crippen LogP contribution in [0, 0.1) is 5.82 Å². The van der Waals surface area contributed by atoms with Crippen LogP contribution in [0.3, 0.4) is 0 Å². The fraction of sp³-hybridized carbons (Fsp3) is 0.111. The van der Waals surface area contributed by atoms with Crippen LogP contribution >= 0.6 is 46.3 Å². The molecule has 0 aliphatic rings. The van der Waals surface area contributed by atoms with Crippen LogP contribution in [0.15, 0.2) is 52.2 Å². The van der Waals surface area contributed by atoms with E-state index in [1.165, 1.54) is 35.6 Å². The van der Waals surface area contributed by atoms with Gasteiger partial charge in [0.1, 0.15) is 10.2 Å². The highest BCUT2D eigenvalue weighted by Crippen LogP contribution is 2.30. The zero-order chi connectivity index (χ0) is 18.5. The van der Waals surface area contributed by atoms with E-state index >= 15 is 0 Å². The quantitative estimate of drug-likeness (QED) is 0.486. The van der Waals surface area contributed by atoms with Gasteiger partial charge in [0.25, 0.3) is 0 Å². The minimum absolute atomic E-state index is 0.163. The Labute approximate surface area is 168 Å². The van der Waals surface area contributed by atoms with Crippen molar-refractivity contribution in [2.45, 2.75) is 16.5 Å². The Morgan fingerprint density at radius 1 is 1.19 bits per heavy atom. The van der Waals surface area contributed by atoms with Crippen molar-refractivity contribution >= 4 is 57.9 Å². The van der Waals surface area contributed by atoms with Crippen molar-refractivity contribution in [2.75, 3.05) is 5.32 Å². The third kappa shape index (κ3) is 5.45. The number of hydrogen-bond donors (Lipinski definition) is 1. The van der Waals surface area contributed by atoms with E-state index in [-0.39, 0.29) is 18.1 Å². The molecule has 0 saturated heterocycles. The van der Waals surface area contributed by atoms with Crippen LogP contribution in [0.4, 0.5) is 10.1 Å². The van der Waals surface area contributed by atoms with Crippen LogP contribution in [0.25, 0.3) is 0 Å². The molecule has 0 spiro atoms.